The number of rotatable bonds is 3. The highest BCUT2D eigenvalue weighted by Gasteiger charge is 2.25. The molecule has 1 aromatic heterocycles. The number of piperazine rings is 1. The highest BCUT2D eigenvalue weighted by atomic mass is 16.5. The number of aromatic nitrogens is 1. The van der Waals surface area contributed by atoms with Crippen molar-refractivity contribution in [1.29, 1.82) is 0 Å². The van der Waals surface area contributed by atoms with Crippen molar-refractivity contribution >= 4 is 16.8 Å². The molecule has 0 aliphatic carbocycles. The molecule has 2 aromatic rings. The number of fused-ring (bicyclic) bond motifs is 1. The molecule has 4 rings (SSSR count). The zero-order valence-corrected chi connectivity index (χ0v) is 13.3. The largest absolute Gasteiger partial charge is 0.381 e. The molecule has 23 heavy (non-hydrogen) atoms. The summed E-state index contributed by atoms with van der Waals surface area (Å²) < 4.78 is 5.45. The summed E-state index contributed by atoms with van der Waals surface area (Å²) in [7, 11) is 0. The van der Waals surface area contributed by atoms with Crippen LogP contribution in [0, 0.1) is 5.92 Å². The third kappa shape index (κ3) is 3.12. The smallest absolute Gasteiger partial charge is 0.253 e. The van der Waals surface area contributed by atoms with Crippen LogP contribution < -0.4 is 0 Å². The SMILES string of the molecule is O=C(c1ccc2[nH]ccc2c1)N1CCN(C[C@@H]2CCOC2)CC1. The van der Waals surface area contributed by atoms with Crippen LogP contribution >= 0.6 is 0 Å². The molecule has 5 nitrogen and oxygen atoms in total. The van der Waals surface area contributed by atoms with Crippen LogP contribution in [0.1, 0.15) is 16.8 Å². The van der Waals surface area contributed by atoms with Crippen molar-refractivity contribution in [3.05, 3.63) is 36.0 Å². The van der Waals surface area contributed by atoms with Gasteiger partial charge in [0.05, 0.1) is 6.61 Å². The second-order valence-corrected chi connectivity index (χ2v) is 6.60. The van der Waals surface area contributed by atoms with Crippen LogP contribution in [0.4, 0.5) is 0 Å². The lowest BCUT2D eigenvalue weighted by Crippen LogP contribution is -2.49. The van der Waals surface area contributed by atoms with Gasteiger partial charge in [0.2, 0.25) is 0 Å². The maximum absolute atomic E-state index is 12.7. The molecule has 2 aliphatic heterocycles. The fourth-order valence-electron chi connectivity index (χ4n) is 3.59. The number of carbonyl (C=O) groups excluding carboxylic acids is 1. The van der Waals surface area contributed by atoms with Gasteiger partial charge in [0, 0.05) is 62.0 Å². The quantitative estimate of drug-likeness (QED) is 0.942. The van der Waals surface area contributed by atoms with Gasteiger partial charge in [-0.2, -0.15) is 0 Å². The Bertz CT molecular complexity index is 682. The molecular formula is C18H23N3O2. The van der Waals surface area contributed by atoms with Crippen molar-refractivity contribution in [2.75, 3.05) is 45.9 Å². The van der Waals surface area contributed by atoms with Gasteiger partial charge in [-0.05, 0) is 36.6 Å². The second-order valence-electron chi connectivity index (χ2n) is 6.60. The third-order valence-corrected chi connectivity index (χ3v) is 5.00. The number of nitrogens with zero attached hydrogens (tertiary/aromatic N) is 2. The zero-order valence-electron chi connectivity index (χ0n) is 13.3. The Morgan fingerprint density at radius 2 is 2.09 bits per heavy atom. The maximum Gasteiger partial charge on any atom is 0.253 e. The summed E-state index contributed by atoms with van der Waals surface area (Å²) >= 11 is 0. The molecule has 0 unspecified atom stereocenters. The highest BCUT2D eigenvalue weighted by Crippen LogP contribution is 2.18. The summed E-state index contributed by atoms with van der Waals surface area (Å²) in [5, 5.41) is 1.09. The Morgan fingerprint density at radius 1 is 1.22 bits per heavy atom. The van der Waals surface area contributed by atoms with E-state index in [-0.39, 0.29) is 5.91 Å². The first-order chi connectivity index (χ1) is 11.3. The lowest BCUT2D eigenvalue weighted by molar-refractivity contribution is 0.0611. The molecule has 2 saturated heterocycles. The molecule has 0 spiro atoms. The van der Waals surface area contributed by atoms with Crippen LogP contribution in [-0.4, -0.2) is 66.6 Å². The summed E-state index contributed by atoms with van der Waals surface area (Å²) in [6.45, 7) is 6.48. The summed E-state index contributed by atoms with van der Waals surface area (Å²) in [6, 6.07) is 7.90. The molecule has 0 saturated carbocycles. The number of hydrogen-bond acceptors (Lipinski definition) is 3. The van der Waals surface area contributed by atoms with E-state index in [1.165, 1.54) is 6.42 Å². The third-order valence-electron chi connectivity index (χ3n) is 5.00. The van der Waals surface area contributed by atoms with Crippen molar-refractivity contribution in [2.24, 2.45) is 5.92 Å². The van der Waals surface area contributed by atoms with Gasteiger partial charge in [-0.25, -0.2) is 0 Å². The van der Waals surface area contributed by atoms with E-state index in [1.54, 1.807) is 0 Å². The number of aromatic amines is 1. The Balaban J connectivity index is 1.36. The molecule has 1 atom stereocenters. The van der Waals surface area contributed by atoms with Gasteiger partial charge < -0.3 is 14.6 Å². The number of hydrogen-bond donors (Lipinski definition) is 1. The average Bonchev–Trinajstić information content (AvgIpc) is 3.25. The van der Waals surface area contributed by atoms with Gasteiger partial charge in [0.1, 0.15) is 0 Å². The van der Waals surface area contributed by atoms with Crippen molar-refractivity contribution in [3.8, 4) is 0 Å². The van der Waals surface area contributed by atoms with Gasteiger partial charge >= 0.3 is 0 Å². The Hall–Kier alpha value is -1.85. The molecular weight excluding hydrogens is 290 g/mol. The summed E-state index contributed by atoms with van der Waals surface area (Å²) in [5.74, 6) is 0.824. The first kappa shape index (κ1) is 14.7. The van der Waals surface area contributed by atoms with E-state index in [0.717, 1.165) is 62.4 Å². The molecule has 2 aliphatic rings. The van der Waals surface area contributed by atoms with Gasteiger partial charge in [0.25, 0.3) is 5.91 Å². The Labute approximate surface area is 136 Å². The number of carbonyl (C=O) groups is 1. The van der Waals surface area contributed by atoms with Crippen LogP contribution in [0.5, 0.6) is 0 Å². The predicted octanol–water partition coefficient (Wildman–Crippen LogP) is 1.96. The van der Waals surface area contributed by atoms with Crippen molar-refractivity contribution < 1.29 is 9.53 Å². The molecule has 0 bridgehead atoms. The molecule has 5 heteroatoms. The molecule has 0 radical (unpaired) electrons. The number of H-pyrrole nitrogens is 1. The van der Waals surface area contributed by atoms with Gasteiger partial charge in [-0.3, -0.25) is 9.69 Å². The first-order valence-corrected chi connectivity index (χ1v) is 8.46. The van der Waals surface area contributed by atoms with Gasteiger partial charge in [-0.1, -0.05) is 0 Å². The first-order valence-electron chi connectivity index (χ1n) is 8.46. The van der Waals surface area contributed by atoms with Crippen molar-refractivity contribution in [2.45, 2.75) is 6.42 Å². The van der Waals surface area contributed by atoms with Gasteiger partial charge in [-0.15, -0.1) is 0 Å². The minimum absolute atomic E-state index is 0.150. The van der Waals surface area contributed by atoms with E-state index in [4.69, 9.17) is 4.74 Å². The normalized spacial score (nSPS) is 22.8. The van der Waals surface area contributed by atoms with E-state index >= 15 is 0 Å². The standard InChI is InChI=1S/C18H23N3O2/c22-18(16-1-2-17-15(11-16)3-5-19-17)21-8-6-20(7-9-21)12-14-4-10-23-13-14/h1-3,5,11,14,19H,4,6-10,12-13H2/t14-/m0/s1. The molecule has 1 aromatic carbocycles. The average molecular weight is 313 g/mol. The zero-order chi connectivity index (χ0) is 15.6. The predicted molar refractivity (Wildman–Crippen MR) is 89.6 cm³/mol. The van der Waals surface area contributed by atoms with Crippen LogP contribution in [-0.2, 0) is 4.74 Å². The molecule has 1 amide bonds. The lowest BCUT2D eigenvalue weighted by atomic mass is 10.1. The van der Waals surface area contributed by atoms with Crippen LogP contribution in [0.15, 0.2) is 30.5 Å². The van der Waals surface area contributed by atoms with Gasteiger partial charge in [0.15, 0.2) is 0 Å². The minimum atomic E-state index is 0.150. The van der Waals surface area contributed by atoms with E-state index in [1.807, 2.05) is 35.4 Å². The molecule has 122 valence electrons. The van der Waals surface area contributed by atoms with E-state index < -0.39 is 0 Å². The fraction of sp³-hybridized carbons (Fsp3) is 0.500. The molecule has 2 fully saturated rings. The summed E-state index contributed by atoms with van der Waals surface area (Å²) in [6.07, 6.45) is 3.08. The van der Waals surface area contributed by atoms with Crippen molar-refractivity contribution in [1.82, 2.24) is 14.8 Å². The van der Waals surface area contributed by atoms with E-state index in [0.29, 0.717) is 5.92 Å². The summed E-state index contributed by atoms with van der Waals surface area (Å²) in [4.78, 5) is 20.3. The minimum Gasteiger partial charge on any atom is -0.381 e. The highest BCUT2D eigenvalue weighted by molar-refractivity contribution is 5.98. The fourth-order valence-corrected chi connectivity index (χ4v) is 3.59. The second kappa shape index (κ2) is 6.34. The van der Waals surface area contributed by atoms with E-state index in [9.17, 15) is 4.79 Å². The monoisotopic (exact) mass is 313 g/mol. The number of benzene rings is 1. The maximum atomic E-state index is 12.7. The Kier molecular flexibility index (Phi) is 4.06. The summed E-state index contributed by atoms with van der Waals surface area (Å²) in [5.41, 5.74) is 1.86. The topological polar surface area (TPSA) is 48.6 Å². The number of ether oxygens (including phenoxy) is 1. The Morgan fingerprint density at radius 3 is 2.87 bits per heavy atom. The van der Waals surface area contributed by atoms with Crippen LogP contribution in [0.25, 0.3) is 10.9 Å². The van der Waals surface area contributed by atoms with E-state index in [2.05, 4.69) is 9.88 Å². The van der Waals surface area contributed by atoms with Crippen LogP contribution in [0.3, 0.4) is 0 Å². The lowest BCUT2D eigenvalue weighted by Gasteiger charge is -2.35. The number of amides is 1. The molecule has 1 N–H and O–H groups in total. The van der Waals surface area contributed by atoms with Crippen LogP contribution in [0.2, 0.25) is 0 Å². The molecule has 3 heterocycles. The van der Waals surface area contributed by atoms with Crippen molar-refractivity contribution in [3.63, 3.8) is 0 Å². The number of nitrogens with one attached hydrogen (secondary N) is 1.